The summed E-state index contributed by atoms with van der Waals surface area (Å²) in [5.41, 5.74) is 9.95. The van der Waals surface area contributed by atoms with Crippen molar-refractivity contribution in [3.8, 4) is 17.1 Å². The third-order valence-corrected chi connectivity index (χ3v) is 3.70. The molecule has 0 aliphatic carbocycles. The molecule has 1 atom stereocenters. The molecule has 0 saturated heterocycles. The smallest absolute Gasteiger partial charge is 0.159 e. The molecule has 1 unspecified atom stereocenters. The van der Waals surface area contributed by atoms with Crippen LogP contribution in [0.2, 0.25) is 0 Å². The topological polar surface area (TPSA) is 61.0 Å². The van der Waals surface area contributed by atoms with Gasteiger partial charge in [-0.05, 0) is 50.4 Å². The molecule has 1 aromatic heterocycles. The van der Waals surface area contributed by atoms with E-state index in [4.69, 9.17) is 10.5 Å². The van der Waals surface area contributed by atoms with Crippen molar-refractivity contribution in [2.75, 3.05) is 13.7 Å². The van der Waals surface area contributed by atoms with E-state index in [0.29, 0.717) is 12.5 Å². The van der Waals surface area contributed by atoms with Crippen molar-refractivity contribution in [2.45, 2.75) is 27.2 Å². The van der Waals surface area contributed by atoms with E-state index in [0.717, 1.165) is 34.9 Å². The highest BCUT2D eigenvalue weighted by Crippen LogP contribution is 2.23. The molecule has 21 heavy (non-hydrogen) atoms. The zero-order valence-electron chi connectivity index (χ0n) is 13.2. The standard InChI is InChI=1S/C17H23N3O/c1-11(10-18)8-16-12(2)19-17(20-13(16)3)14-6-5-7-15(9-14)21-4/h5-7,9,11H,8,10,18H2,1-4H3. The molecule has 2 aromatic rings. The van der Waals surface area contributed by atoms with E-state index in [-0.39, 0.29) is 0 Å². The minimum Gasteiger partial charge on any atom is -0.497 e. The molecule has 4 heteroatoms. The molecule has 1 heterocycles. The third kappa shape index (κ3) is 3.58. The fraction of sp³-hybridized carbons (Fsp3) is 0.412. The maximum Gasteiger partial charge on any atom is 0.159 e. The third-order valence-electron chi connectivity index (χ3n) is 3.70. The van der Waals surface area contributed by atoms with E-state index in [1.54, 1.807) is 7.11 Å². The average molecular weight is 285 g/mol. The Labute approximate surface area is 126 Å². The summed E-state index contributed by atoms with van der Waals surface area (Å²) in [6.45, 7) is 6.90. The Kier molecular flexibility index (Phi) is 4.91. The van der Waals surface area contributed by atoms with Crippen molar-refractivity contribution >= 4 is 0 Å². The number of rotatable bonds is 5. The first kappa shape index (κ1) is 15.4. The normalized spacial score (nSPS) is 12.2. The predicted octanol–water partition coefficient (Wildman–Crippen LogP) is 2.91. The Hall–Kier alpha value is -1.94. The van der Waals surface area contributed by atoms with Crippen LogP contribution < -0.4 is 10.5 Å². The minimum atomic E-state index is 0.439. The van der Waals surface area contributed by atoms with Gasteiger partial charge in [-0.2, -0.15) is 0 Å². The number of aromatic nitrogens is 2. The van der Waals surface area contributed by atoms with Gasteiger partial charge in [-0.3, -0.25) is 0 Å². The quantitative estimate of drug-likeness (QED) is 0.917. The molecule has 4 nitrogen and oxygen atoms in total. The molecule has 0 spiro atoms. The van der Waals surface area contributed by atoms with Gasteiger partial charge in [0.05, 0.1) is 7.11 Å². The van der Waals surface area contributed by atoms with E-state index >= 15 is 0 Å². The summed E-state index contributed by atoms with van der Waals surface area (Å²) in [5.74, 6) is 1.99. The Morgan fingerprint density at radius 2 is 1.86 bits per heavy atom. The summed E-state index contributed by atoms with van der Waals surface area (Å²) in [6.07, 6.45) is 0.923. The van der Waals surface area contributed by atoms with Gasteiger partial charge < -0.3 is 10.5 Å². The fourth-order valence-corrected chi connectivity index (χ4v) is 2.36. The van der Waals surface area contributed by atoms with Gasteiger partial charge in [-0.15, -0.1) is 0 Å². The zero-order chi connectivity index (χ0) is 15.4. The summed E-state index contributed by atoms with van der Waals surface area (Å²) in [5, 5.41) is 0. The average Bonchev–Trinajstić information content (AvgIpc) is 2.50. The second-order valence-electron chi connectivity index (χ2n) is 5.47. The van der Waals surface area contributed by atoms with Crippen LogP contribution >= 0.6 is 0 Å². The van der Waals surface area contributed by atoms with E-state index in [1.165, 1.54) is 5.56 Å². The first-order valence-electron chi connectivity index (χ1n) is 7.23. The second kappa shape index (κ2) is 6.68. The molecule has 1 aromatic carbocycles. The molecule has 0 saturated carbocycles. The number of benzene rings is 1. The first-order chi connectivity index (χ1) is 10.0. The van der Waals surface area contributed by atoms with Gasteiger partial charge in [0.2, 0.25) is 0 Å². The van der Waals surface area contributed by atoms with Gasteiger partial charge in [0, 0.05) is 17.0 Å². The summed E-state index contributed by atoms with van der Waals surface area (Å²) in [6, 6.07) is 7.82. The number of ether oxygens (including phenoxy) is 1. The maximum atomic E-state index is 5.72. The van der Waals surface area contributed by atoms with E-state index in [2.05, 4.69) is 16.9 Å². The fourth-order valence-electron chi connectivity index (χ4n) is 2.36. The molecule has 2 rings (SSSR count). The first-order valence-corrected chi connectivity index (χ1v) is 7.23. The molecule has 2 N–H and O–H groups in total. The highest BCUT2D eigenvalue weighted by molar-refractivity contribution is 5.58. The number of aryl methyl sites for hydroxylation is 2. The predicted molar refractivity (Wildman–Crippen MR) is 85.4 cm³/mol. The van der Waals surface area contributed by atoms with Gasteiger partial charge in [0.1, 0.15) is 5.75 Å². The molecule has 0 radical (unpaired) electrons. The van der Waals surface area contributed by atoms with Crippen molar-refractivity contribution in [1.29, 1.82) is 0 Å². The van der Waals surface area contributed by atoms with Crippen LogP contribution in [0.25, 0.3) is 11.4 Å². The number of methoxy groups -OCH3 is 1. The lowest BCUT2D eigenvalue weighted by Crippen LogP contribution is -2.15. The summed E-state index contributed by atoms with van der Waals surface area (Å²) in [4.78, 5) is 9.32. The molecule has 0 amide bonds. The molecular weight excluding hydrogens is 262 g/mol. The Morgan fingerprint density at radius 1 is 1.19 bits per heavy atom. The lowest BCUT2D eigenvalue weighted by Gasteiger charge is -2.14. The number of hydrogen-bond acceptors (Lipinski definition) is 4. The lowest BCUT2D eigenvalue weighted by molar-refractivity contribution is 0.415. The maximum absolute atomic E-state index is 5.72. The Balaban J connectivity index is 2.39. The summed E-state index contributed by atoms with van der Waals surface area (Å²) < 4.78 is 5.26. The van der Waals surface area contributed by atoms with Crippen LogP contribution in [0.4, 0.5) is 0 Å². The molecule has 0 aliphatic rings. The molecular formula is C17H23N3O. The molecule has 0 fully saturated rings. The largest absolute Gasteiger partial charge is 0.497 e. The van der Waals surface area contributed by atoms with E-state index in [9.17, 15) is 0 Å². The Bertz CT molecular complexity index is 602. The molecule has 0 bridgehead atoms. The van der Waals surface area contributed by atoms with Gasteiger partial charge in [-0.1, -0.05) is 19.1 Å². The molecule has 112 valence electrons. The van der Waals surface area contributed by atoms with Gasteiger partial charge in [-0.25, -0.2) is 9.97 Å². The van der Waals surface area contributed by atoms with Crippen LogP contribution in [0.5, 0.6) is 5.75 Å². The summed E-state index contributed by atoms with van der Waals surface area (Å²) >= 11 is 0. The Morgan fingerprint density at radius 3 is 2.43 bits per heavy atom. The minimum absolute atomic E-state index is 0.439. The highest BCUT2D eigenvalue weighted by atomic mass is 16.5. The van der Waals surface area contributed by atoms with Crippen molar-refractivity contribution in [3.05, 3.63) is 41.2 Å². The van der Waals surface area contributed by atoms with Crippen LogP contribution in [-0.2, 0) is 6.42 Å². The van der Waals surface area contributed by atoms with Crippen molar-refractivity contribution < 1.29 is 4.74 Å². The van der Waals surface area contributed by atoms with Crippen LogP contribution in [0.1, 0.15) is 23.9 Å². The number of nitrogens with two attached hydrogens (primary N) is 1. The van der Waals surface area contributed by atoms with Crippen molar-refractivity contribution in [3.63, 3.8) is 0 Å². The van der Waals surface area contributed by atoms with Gasteiger partial charge in [0.25, 0.3) is 0 Å². The zero-order valence-corrected chi connectivity index (χ0v) is 13.2. The van der Waals surface area contributed by atoms with Crippen LogP contribution in [0.15, 0.2) is 24.3 Å². The second-order valence-corrected chi connectivity index (χ2v) is 5.47. The van der Waals surface area contributed by atoms with Crippen LogP contribution in [-0.4, -0.2) is 23.6 Å². The number of nitrogens with zero attached hydrogens (tertiary/aromatic N) is 2. The van der Waals surface area contributed by atoms with Crippen LogP contribution in [0, 0.1) is 19.8 Å². The van der Waals surface area contributed by atoms with Gasteiger partial charge >= 0.3 is 0 Å². The lowest BCUT2D eigenvalue weighted by atomic mass is 9.99. The SMILES string of the molecule is COc1cccc(-c2nc(C)c(CC(C)CN)c(C)n2)c1. The monoisotopic (exact) mass is 285 g/mol. The van der Waals surface area contributed by atoms with Crippen LogP contribution in [0.3, 0.4) is 0 Å². The van der Waals surface area contributed by atoms with E-state index in [1.807, 2.05) is 38.1 Å². The summed E-state index contributed by atoms with van der Waals surface area (Å²) in [7, 11) is 1.66. The van der Waals surface area contributed by atoms with Crippen molar-refractivity contribution in [2.24, 2.45) is 11.7 Å². The van der Waals surface area contributed by atoms with E-state index < -0.39 is 0 Å². The molecule has 0 aliphatic heterocycles. The van der Waals surface area contributed by atoms with Crippen molar-refractivity contribution in [1.82, 2.24) is 9.97 Å². The number of hydrogen-bond donors (Lipinski definition) is 1. The van der Waals surface area contributed by atoms with Gasteiger partial charge in [0.15, 0.2) is 5.82 Å². The highest BCUT2D eigenvalue weighted by Gasteiger charge is 2.12.